The largest absolute Gasteiger partial charge is 0.495 e. The molecule has 2 aliphatic heterocycles. The number of rotatable bonds is 8. The number of nitrogens with zero attached hydrogens (tertiary/aromatic N) is 2. The van der Waals surface area contributed by atoms with E-state index in [1.165, 1.54) is 48.9 Å². The minimum Gasteiger partial charge on any atom is -0.495 e. The monoisotopic (exact) mass is 539 g/mol. The number of hydrogen-bond acceptors (Lipinski definition) is 9. The van der Waals surface area contributed by atoms with Gasteiger partial charge < -0.3 is 14.2 Å². The first-order valence-electron chi connectivity index (χ1n) is 10.9. The normalized spacial score (nSPS) is 17.3. The van der Waals surface area contributed by atoms with Gasteiger partial charge in [0.15, 0.2) is 0 Å². The van der Waals surface area contributed by atoms with Gasteiger partial charge in [0.05, 0.1) is 48.6 Å². The summed E-state index contributed by atoms with van der Waals surface area (Å²) >= 11 is 0. The molecular weight excluding hydrogens is 514 g/mol. The molecular formula is C22H25N3O9S2. The standard InChI is InChI=1S/C22H25N3O9S2/c1-32-19-5-4-16(36(30,31)24-9-11-34-12-10-24)13-17(19)23-35(28,29)15-3-6-20(33-2)18(14-15)25-21(26)7-8-22(25)27/h3-6,13-14,23H,7-12H2,1-2H3. The fraction of sp³-hybridized carbons (Fsp3) is 0.364. The Morgan fingerprint density at radius 1 is 0.833 bits per heavy atom. The molecule has 2 heterocycles. The van der Waals surface area contributed by atoms with E-state index in [0.717, 1.165) is 11.0 Å². The summed E-state index contributed by atoms with van der Waals surface area (Å²) in [7, 11) is -5.56. The predicted molar refractivity (Wildman–Crippen MR) is 128 cm³/mol. The van der Waals surface area contributed by atoms with Gasteiger partial charge in [0.1, 0.15) is 11.5 Å². The number of carbonyl (C=O) groups is 2. The van der Waals surface area contributed by atoms with E-state index in [4.69, 9.17) is 14.2 Å². The van der Waals surface area contributed by atoms with E-state index in [-0.39, 0.29) is 71.8 Å². The zero-order valence-corrected chi connectivity index (χ0v) is 21.2. The summed E-state index contributed by atoms with van der Waals surface area (Å²) in [6, 6.07) is 7.60. The van der Waals surface area contributed by atoms with E-state index in [9.17, 15) is 26.4 Å². The van der Waals surface area contributed by atoms with Crippen molar-refractivity contribution in [3.63, 3.8) is 0 Å². The first-order chi connectivity index (χ1) is 17.1. The van der Waals surface area contributed by atoms with Crippen molar-refractivity contribution in [1.82, 2.24) is 4.31 Å². The third kappa shape index (κ3) is 4.89. The summed E-state index contributed by atoms with van der Waals surface area (Å²) in [4.78, 5) is 25.0. The van der Waals surface area contributed by atoms with Gasteiger partial charge in [-0.3, -0.25) is 14.3 Å². The third-order valence-corrected chi connectivity index (χ3v) is 9.03. The van der Waals surface area contributed by atoms with Crippen LogP contribution in [-0.4, -0.2) is 73.5 Å². The lowest BCUT2D eigenvalue weighted by Crippen LogP contribution is -2.40. The van der Waals surface area contributed by atoms with Gasteiger partial charge in [0, 0.05) is 25.9 Å². The average molecular weight is 540 g/mol. The molecule has 0 radical (unpaired) electrons. The maximum atomic E-state index is 13.3. The van der Waals surface area contributed by atoms with E-state index in [0.29, 0.717) is 0 Å². The highest BCUT2D eigenvalue weighted by molar-refractivity contribution is 7.92. The number of ether oxygens (including phenoxy) is 3. The van der Waals surface area contributed by atoms with Crippen LogP contribution in [-0.2, 0) is 34.4 Å². The molecule has 0 spiro atoms. The SMILES string of the molecule is COc1ccc(S(=O)(=O)N2CCOCC2)cc1NS(=O)(=O)c1ccc(OC)c(N2C(=O)CCC2=O)c1. The van der Waals surface area contributed by atoms with Crippen LogP contribution in [0.4, 0.5) is 11.4 Å². The number of carbonyl (C=O) groups excluding carboxylic acids is 2. The summed E-state index contributed by atoms with van der Waals surface area (Å²) < 4.78 is 72.0. The van der Waals surface area contributed by atoms with Crippen LogP contribution in [0, 0.1) is 0 Å². The van der Waals surface area contributed by atoms with E-state index < -0.39 is 31.9 Å². The molecule has 194 valence electrons. The number of nitrogens with one attached hydrogen (secondary N) is 1. The van der Waals surface area contributed by atoms with Gasteiger partial charge in [-0.2, -0.15) is 4.31 Å². The lowest BCUT2D eigenvalue weighted by Gasteiger charge is -2.26. The Labute approximate surface area is 208 Å². The van der Waals surface area contributed by atoms with E-state index in [2.05, 4.69) is 4.72 Å². The van der Waals surface area contributed by atoms with Crippen molar-refractivity contribution in [2.24, 2.45) is 0 Å². The molecule has 0 aliphatic carbocycles. The van der Waals surface area contributed by atoms with Gasteiger partial charge in [-0.1, -0.05) is 0 Å². The highest BCUT2D eigenvalue weighted by Crippen LogP contribution is 2.36. The third-order valence-electron chi connectivity index (χ3n) is 5.78. The van der Waals surface area contributed by atoms with Crippen LogP contribution in [0.5, 0.6) is 11.5 Å². The molecule has 2 aromatic carbocycles. The van der Waals surface area contributed by atoms with Crippen LogP contribution in [0.25, 0.3) is 0 Å². The topological polar surface area (TPSA) is 149 Å². The molecule has 4 rings (SSSR count). The molecule has 0 saturated carbocycles. The molecule has 2 aromatic rings. The fourth-order valence-corrected chi connectivity index (χ4v) is 6.44. The highest BCUT2D eigenvalue weighted by Gasteiger charge is 2.34. The minimum atomic E-state index is -4.31. The smallest absolute Gasteiger partial charge is 0.262 e. The van der Waals surface area contributed by atoms with Gasteiger partial charge in [-0.25, -0.2) is 21.7 Å². The highest BCUT2D eigenvalue weighted by atomic mass is 32.2. The number of methoxy groups -OCH3 is 2. The summed E-state index contributed by atoms with van der Waals surface area (Å²) in [5.74, 6) is -0.695. The Morgan fingerprint density at radius 3 is 2.03 bits per heavy atom. The van der Waals surface area contributed by atoms with Crippen LogP contribution >= 0.6 is 0 Å². The van der Waals surface area contributed by atoms with Crippen molar-refractivity contribution >= 4 is 43.2 Å². The van der Waals surface area contributed by atoms with Crippen LogP contribution in [0.3, 0.4) is 0 Å². The molecule has 2 saturated heterocycles. The van der Waals surface area contributed by atoms with Gasteiger partial charge in [-0.05, 0) is 36.4 Å². The molecule has 0 atom stereocenters. The zero-order chi connectivity index (χ0) is 26.1. The number of hydrogen-bond donors (Lipinski definition) is 1. The summed E-state index contributed by atoms with van der Waals surface area (Å²) in [5, 5.41) is 0. The molecule has 12 nitrogen and oxygen atoms in total. The molecule has 0 unspecified atom stereocenters. The first-order valence-corrected chi connectivity index (χ1v) is 13.8. The summed E-state index contributed by atoms with van der Waals surface area (Å²) in [5.41, 5.74) is -0.0963. The molecule has 0 bridgehead atoms. The lowest BCUT2D eigenvalue weighted by molar-refractivity contribution is -0.121. The van der Waals surface area contributed by atoms with Gasteiger partial charge in [0.25, 0.3) is 10.0 Å². The summed E-state index contributed by atoms with van der Waals surface area (Å²) in [6.07, 6.45) is 0.0254. The van der Waals surface area contributed by atoms with Crippen molar-refractivity contribution in [1.29, 1.82) is 0 Å². The number of benzene rings is 2. The molecule has 2 aliphatic rings. The maximum Gasteiger partial charge on any atom is 0.262 e. The van der Waals surface area contributed by atoms with Crippen molar-refractivity contribution < 1.29 is 40.6 Å². The van der Waals surface area contributed by atoms with Gasteiger partial charge >= 0.3 is 0 Å². The molecule has 2 fully saturated rings. The number of anilines is 2. The first kappa shape index (κ1) is 25.9. The Bertz CT molecular complexity index is 1390. The number of sulfonamides is 2. The van der Waals surface area contributed by atoms with Crippen molar-refractivity contribution in [3.8, 4) is 11.5 Å². The summed E-state index contributed by atoms with van der Waals surface area (Å²) in [6.45, 7) is 0.878. The quantitative estimate of drug-likeness (QED) is 0.488. The van der Waals surface area contributed by atoms with Crippen LogP contribution in [0.1, 0.15) is 12.8 Å². The fourth-order valence-electron chi connectivity index (χ4n) is 3.92. The second kappa shape index (κ2) is 10.0. The van der Waals surface area contributed by atoms with Crippen LogP contribution < -0.4 is 19.1 Å². The molecule has 0 aromatic heterocycles. The van der Waals surface area contributed by atoms with Gasteiger partial charge in [0.2, 0.25) is 21.8 Å². The van der Waals surface area contributed by atoms with Crippen molar-refractivity contribution in [2.45, 2.75) is 22.6 Å². The zero-order valence-electron chi connectivity index (χ0n) is 19.6. The van der Waals surface area contributed by atoms with Crippen LogP contribution in [0.2, 0.25) is 0 Å². The van der Waals surface area contributed by atoms with Gasteiger partial charge in [-0.15, -0.1) is 0 Å². The number of amides is 2. The molecule has 2 amide bonds. The van der Waals surface area contributed by atoms with E-state index in [1.807, 2.05) is 0 Å². The number of morpholine rings is 1. The second-order valence-electron chi connectivity index (χ2n) is 7.94. The van der Waals surface area contributed by atoms with E-state index in [1.54, 1.807) is 0 Å². The molecule has 36 heavy (non-hydrogen) atoms. The Morgan fingerprint density at radius 2 is 1.42 bits per heavy atom. The minimum absolute atomic E-state index is 0.00323. The molecule has 1 N–H and O–H groups in total. The second-order valence-corrected chi connectivity index (χ2v) is 11.6. The van der Waals surface area contributed by atoms with Crippen molar-refractivity contribution in [3.05, 3.63) is 36.4 Å². The number of imide groups is 1. The lowest BCUT2D eigenvalue weighted by atomic mass is 10.2. The predicted octanol–water partition coefficient (Wildman–Crippen LogP) is 1.18. The van der Waals surface area contributed by atoms with E-state index >= 15 is 0 Å². The van der Waals surface area contributed by atoms with Crippen LogP contribution in [0.15, 0.2) is 46.2 Å². The Kier molecular flexibility index (Phi) is 7.22. The molecule has 14 heteroatoms. The maximum absolute atomic E-state index is 13.3. The Hall–Kier alpha value is -3.20. The Balaban J connectivity index is 1.71. The van der Waals surface area contributed by atoms with Crippen molar-refractivity contribution in [2.75, 3.05) is 50.1 Å². The average Bonchev–Trinajstić information content (AvgIpc) is 3.21.